The van der Waals surface area contributed by atoms with E-state index in [4.69, 9.17) is 15.0 Å². The van der Waals surface area contributed by atoms with Crippen molar-refractivity contribution in [3.63, 3.8) is 0 Å². The molecule has 0 aliphatic heterocycles. The second-order valence-corrected chi connectivity index (χ2v) is 4.49. The van der Waals surface area contributed by atoms with E-state index in [2.05, 4.69) is 0 Å². The first-order valence-electron chi connectivity index (χ1n) is 4.04. The minimum atomic E-state index is -2.08. The van der Waals surface area contributed by atoms with Crippen LogP contribution in [0.1, 0.15) is 41.5 Å². The Kier molecular flexibility index (Phi) is 40.7. The van der Waals surface area contributed by atoms with Crippen LogP contribution in [-0.4, -0.2) is 22.5 Å². The first-order chi connectivity index (χ1) is 5.73. The van der Waals surface area contributed by atoms with Crippen LogP contribution < -0.4 is 126 Å². The molecule has 0 radical (unpaired) electrons. The molecule has 0 aromatic carbocycles. The summed E-state index contributed by atoms with van der Waals surface area (Å²) in [5, 5.41) is 35.5. The van der Waals surface area contributed by atoms with Crippen molar-refractivity contribution < 1.29 is 136 Å². The van der Waals surface area contributed by atoms with Gasteiger partial charge in [0, 0.05) is 0 Å². The van der Waals surface area contributed by atoms with Crippen LogP contribution in [0, 0.1) is 0 Å². The molecule has 0 rings (SSSR count). The second kappa shape index (κ2) is 18.8. The van der Waals surface area contributed by atoms with Crippen molar-refractivity contribution in [3.05, 3.63) is 0 Å². The molecule has 0 aliphatic rings. The molecule has 0 saturated carbocycles. The van der Waals surface area contributed by atoms with Crippen molar-refractivity contribution in [2.75, 3.05) is 0 Å². The van der Waals surface area contributed by atoms with Crippen molar-refractivity contribution in [1.29, 1.82) is 0 Å². The number of hydrogen-bond donors (Lipinski definition) is 1. The van der Waals surface area contributed by atoms with Crippen LogP contribution in [-0.2, 0) is 0 Å². The smallest absolute Gasteiger partial charge is 0.850 e. The summed E-state index contributed by atoms with van der Waals surface area (Å²) < 4.78 is 0. The van der Waals surface area contributed by atoms with Gasteiger partial charge in [-0.15, -0.1) is 11.2 Å². The third kappa shape index (κ3) is 667. The molecule has 0 aromatic rings. The van der Waals surface area contributed by atoms with Crippen LogP contribution in [0.5, 0.6) is 0 Å². The number of hydrogen-bond acceptors (Lipinski definition) is 4. The van der Waals surface area contributed by atoms with Gasteiger partial charge in [0.05, 0.1) is 0 Å². The van der Waals surface area contributed by atoms with E-state index < -0.39 is 17.4 Å². The first-order valence-corrected chi connectivity index (χ1v) is 4.04. The van der Waals surface area contributed by atoms with Gasteiger partial charge in [-0.2, -0.15) is 0 Å². The van der Waals surface area contributed by atoms with Gasteiger partial charge in [-0.1, -0.05) is 41.5 Å². The van der Waals surface area contributed by atoms with E-state index in [9.17, 15) is 10.2 Å². The molecule has 0 atom stereocenters. The molecule has 0 saturated heterocycles. The average Bonchev–Trinajstić information content (AvgIpc) is 1.45. The zero-order valence-electron chi connectivity index (χ0n) is 12.6. The summed E-state index contributed by atoms with van der Waals surface area (Å²) >= 11 is 0. The van der Waals surface area contributed by atoms with Crippen LogP contribution in [0.3, 0.4) is 0 Å². The quantitative estimate of drug-likeness (QED) is 0.446. The van der Waals surface area contributed by atoms with Gasteiger partial charge >= 0.3 is 110 Å². The summed E-state index contributed by atoms with van der Waals surface area (Å²) in [6.07, 6.45) is -2.08. The van der Waals surface area contributed by atoms with Crippen molar-refractivity contribution in [3.8, 4) is 0 Å². The number of carboxylic acid groups (broad SMARTS) is 2. The molecule has 0 fully saturated rings. The Bertz CT molecular complexity index is 126. The average molecular weight is 292 g/mol. The molecule has 0 spiro atoms. The molecule has 88 valence electrons. The van der Waals surface area contributed by atoms with Crippen LogP contribution in [0.25, 0.3) is 0 Å². The molecule has 0 heterocycles. The van der Waals surface area contributed by atoms with Crippen molar-refractivity contribution in [2.24, 2.45) is 0 Å². The predicted octanol–water partition coefficient (Wildman–Crippen LogP) is -9.81. The van der Waals surface area contributed by atoms with Gasteiger partial charge < -0.3 is 25.2 Å². The topological polar surface area (TPSA) is 106 Å². The molecule has 1 N–H and O–H groups in total. The maximum atomic E-state index is 10.1. The summed E-state index contributed by atoms with van der Waals surface area (Å²) in [5.41, 5.74) is -1.50. The van der Waals surface area contributed by atoms with Gasteiger partial charge in [-0.25, -0.2) is 0 Å². The Morgan fingerprint density at radius 3 is 0.882 bits per heavy atom. The van der Waals surface area contributed by atoms with Gasteiger partial charge in [0.1, 0.15) is 0 Å². The standard InChI is InChI=1S/2C4H9O.CH2O3.K.2Na/c2*1-4(2,3)5;2-1(3)4;;;/h2*1-3H3;(H2,2,3,4);;;/q2*-1;;3*+1/p-1. The number of carbonyl (C=O) groups is 1. The molecule has 8 heteroatoms. The fraction of sp³-hybridized carbons (Fsp3) is 0.889. The molecule has 5 nitrogen and oxygen atoms in total. The fourth-order valence-corrected chi connectivity index (χ4v) is 0. The largest absolute Gasteiger partial charge is 1.00 e. The third-order valence-corrected chi connectivity index (χ3v) is 0. The maximum Gasteiger partial charge on any atom is 1.00 e. The van der Waals surface area contributed by atoms with E-state index in [1.54, 1.807) is 41.5 Å². The minimum absolute atomic E-state index is 0. The van der Waals surface area contributed by atoms with Crippen LogP contribution in [0.2, 0.25) is 0 Å². The molecule has 0 bridgehead atoms. The monoisotopic (exact) mass is 292 g/mol. The zero-order chi connectivity index (χ0) is 12.6. The molecule has 17 heavy (non-hydrogen) atoms. The third-order valence-electron chi connectivity index (χ3n) is 0. The Labute approximate surface area is 191 Å². The van der Waals surface area contributed by atoms with Gasteiger partial charge in [0.2, 0.25) is 6.16 Å². The van der Waals surface area contributed by atoms with Crippen molar-refractivity contribution in [1.82, 2.24) is 0 Å². The molecular formula is C9H19KNa2O5. The van der Waals surface area contributed by atoms with E-state index >= 15 is 0 Å². The Hall–Kier alpha value is 2.83. The SMILES string of the molecule is CC(C)(C)[O-].CC(C)(C)[O-].O=C([O-])O.[K+].[Na+].[Na+]. The van der Waals surface area contributed by atoms with Crippen molar-refractivity contribution in [2.45, 2.75) is 52.7 Å². The van der Waals surface area contributed by atoms with Gasteiger partial charge in [0.15, 0.2) is 0 Å². The minimum Gasteiger partial charge on any atom is -0.850 e. The summed E-state index contributed by atoms with van der Waals surface area (Å²) in [6.45, 7) is 9.79. The van der Waals surface area contributed by atoms with Crippen LogP contribution >= 0.6 is 0 Å². The first kappa shape index (κ1) is 36.8. The summed E-state index contributed by atoms with van der Waals surface area (Å²) in [7, 11) is 0. The summed E-state index contributed by atoms with van der Waals surface area (Å²) in [4.78, 5) is 8.44. The van der Waals surface area contributed by atoms with Crippen molar-refractivity contribution >= 4 is 6.16 Å². The van der Waals surface area contributed by atoms with Crippen LogP contribution in [0.15, 0.2) is 0 Å². The van der Waals surface area contributed by atoms with E-state index in [0.29, 0.717) is 0 Å². The van der Waals surface area contributed by atoms with Crippen LogP contribution in [0.4, 0.5) is 4.79 Å². The normalized spacial score (nSPS) is 8.47. The van der Waals surface area contributed by atoms with E-state index in [1.165, 1.54) is 0 Å². The summed E-state index contributed by atoms with van der Waals surface area (Å²) in [6, 6.07) is 0. The molecule has 0 unspecified atom stereocenters. The van der Waals surface area contributed by atoms with E-state index in [-0.39, 0.29) is 110 Å². The van der Waals surface area contributed by atoms with Gasteiger partial charge in [0.25, 0.3) is 0 Å². The van der Waals surface area contributed by atoms with Gasteiger partial charge in [-0.05, 0) is 0 Å². The number of rotatable bonds is 0. The van der Waals surface area contributed by atoms with E-state index in [1.807, 2.05) is 0 Å². The van der Waals surface area contributed by atoms with Gasteiger partial charge in [-0.3, -0.25) is 0 Å². The molecule has 0 aliphatic carbocycles. The molecule has 0 amide bonds. The van der Waals surface area contributed by atoms with E-state index in [0.717, 1.165) is 0 Å². The Morgan fingerprint density at radius 2 is 0.882 bits per heavy atom. The second-order valence-electron chi connectivity index (χ2n) is 4.49. The Balaban J connectivity index is -0.0000000247. The zero-order valence-corrected chi connectivity index (χ0v) is 19.7. The predicted molar refractivity (Wildman–Crippen MR) is 47.5 cm³/mol. The molecular weight excluding hydrogens is 273 g/mol. The fourth-order valence-electron chi connectivity index (χ4n) is 0. The maximum absolute atomic E-state index is 10.1. The summed E-state index contributed by atoms with van der Waals surface area (Å²) in [5.74, 6) is 0. The Morgan fingerprint density at radius 1 is 0.882 bits per heavy atom. The molecule has 0 aromatic heterocycles.